The average Bonchev–Trinajstić information content (AvgIpc) is 2.32. The van der Waals surface area contributed by atoms with E-state index in [1.807, 2.05) is 6.92 Å². The third-order valence-electron chi connectivity index (χ3n) is 2.79. The molecule has 1 aromatic carbocycles. The molecule has 0 aliphatic rings. The van der Waals surface area contributed by atoms with Crippen LogP contribution in [-0.2, 0) is 0 Å². The average molecular weight is 288 g/mol. The third-order valence-corrected chi connectivity index (χ3v) is 3.36. The summed E-state index contributed by atoms with van der Waals surface area (Å²) in [6.45, 7) is 4.17. The van der Waals surface area contributed by atoms with Crippen LogP contribution in [-0.4, -0.2) is 11.9 Å². The van der Waals surface area contributed by atoms with Crippen LogP contribution in [0.4, 0.5) is 0 Å². The van der Waals surface area contributed by atoms with Crippen molar-refractivity contribution in [3.05, 3.63) is 33.8 Å². The second-order valence-corrected chi connectivity index (χ2v) is 5.34. The van der Waals surface area contributed by atoms with Crippen molar-refractivity contribution in [2.45, 2.75) is 45.6 Å². The van der Waals surface area contributed by atoms with E-state index in [1.165, 1.54) is 12.8 Å². The van der Waals surface area contributed by atoms with Gasteiger partial charge < -0.3 is 5.32 Å². The molecule has 0 spiro atoms. The molecule has 0 aliphatic heterocycles. The number of rotatable bonds is 6. The first-order valence-electron chi connectivity index (χ1n) is 6.30. The minimum absolute atomic E-state index is 0.152. The van der Waals surface area contributed by atoms with Crippen LogP contribution in [0.5, 0.6) is 0 Å². The molecule has 0 saturated heterocycles. The number of nitrogens with one attached hydrogen (secondary N) is 1. The van der Waals surface area contributed by atoms with Crippen molar-refractivity contribution in [1.29, 1.82) is 0 Å². The molecule has 0 heterocycles. The largest absolute Gasteiger partial charge is 0.350 e. The molecule has 0 bridgehead atoms. The van der Waals surface area contributed by atoms with Crippen molar-refractivity contribution in [3.63, 3.8) is 0 Å². The van der Waals surface area contributed by atoms with E-state index in [9.17, 15) is 4.79 Å². The fraction of sp³-hybridized carbons (Fsp3) is 0.500. The molecule has 1 unspecified atom stereocenters. The van der Waals surface area contributed by atoms with Crippen LogP contribution in [0, 0.1) is 0 Å². The number of hydrogen-bond donors (Lipinski definition) is 1. The number of hydrogen-bond acceptors (Lipinski definition) is 1. The molecular formula is C14H19Cl2NO. The summed E-state index contributed by atoms with van der Waals surface area (Å²) in [5.74, 6) is -0.161. The van der Waals surface area contributed by atoms with E-state index in [4.69, 9.17) is 23.2 Å². The van der Waals surface area contributed by atoms with E-state index in [2.05, 4.69) is 12.2 Å². The Morgan fingerprint density at radius 2 is 2.06 bits per heavy atom. The summed E-state index contributed by atoms with van der Waals surface area (Å²) in [6.07, 6.45) is 4.48. The summed E-state index contributed by atoms with van der Waals surface area (Å²) in [7, 11) is 0. The fourth-order valence-electron chi connectivity index (χ4n) is 1.75. The number of carbonyl (C=O) groups excluding carboxylic acids is 1. The Morgan fingerprint density at radius 1 is 1.33 bits per heavy atom. The lowest BCUT2D eigenvalue weighted by atomic mass is 10.1. The maximum absolute atomic E-state index is 12.0. The molecule has 0 radical (unpaired) electrons. The zero-order chi connectivity index (χ0) is 13.5. The highest BCUT2D eigenvalue weighted by Gasteiger charge is 2.13. The van der Waals surface area contributed by atoms with Gasteiger partial charge in [0.2, 0.25) is 0 Å². The van der Waals surface area contributed by atoms with Crippen molar-refractivity contribution in [1.82, 2.24) is 5.32 Å². The van der Waals surface area contributed by atoms with Crippen LogP contribution in [0.3, 0.4) is 0 Å². The predicted molar refractivity (Wildman–Crippen MR) is 77.5 cm³/mol. The lowest BCUT2D eigenvalue weighted by Crippen LogP contribution is -2.32. The minimum atomic E-state index is -0.161. The molecule has 0 aliphatic carbocycles. The summed E-state index contributed by atoms with van der Waals surface area (Å²) in [5.41, 5.74) is 0.437. The van der Waals surface area contributed by atoms with E-state index in [0.717, 1.165) is 12.8 Å². The highest BCUT2D eigenvalue weighted by atomic mass is 35.5. The summed E-state index contributed by atoms with van der Waals surface area (Å²) in [5, 5.41) is 3.89. The van der Waals surface area contributed by atoms with E-state index in [1.54, 1.807) is 18.2 Å². The molecule has 1 rings (SSSR count). The molecule has 1 N–H and O–H groups in total. The van der Waals surface area contributed by atoms with Crippen LogP contribution < -0.4 is 5.32 Å². The molecule has 0 fully saturated rings. The minimum Gasteiger partial charge on any atom is -0.350 e. The quantitative estimate of drug-likeness (QED) is 0.756. The van der Waals surface area contributed by atoms with Crippen LogP contribution >= 0.6 is 23.2 Å². The van der Waals surface area contributed by atoms with Gasteiger partial charge in [-0.25, -0.2) is 0 Å². The topological polar surface area (TPSA) is 29.1 Å². The van der Waals surface area contributed by atoms with Gasteiger partial charge in [-0.1, -0.05) is 49.4 Å². The molecule has 0 saturated carbocycles. The Morgan fingerprint density at radius 3 is 2.72 bits per heavy atom. The first-order valence-corrected chi connectivity index (χ1v) is 7.06. The highest BCUT2D eigenvalue weighted by Crippen LogP contribution is 2.20. The van der Waals surface area contributed by atoms with E-state index in [0.29, 0.717) is 15.6 Å². The second kappa shape index (κ2) is 7.65. The number of benzene rings is 1. The van der Waals surface area contributed by atoms with Gasteiger partial charge in [-0.05, 0) is 31.5 Å². The van der Waals surface area contributed by atoms with Gasteiger partial charge >= 0.3 is 0 Å². The normalized spacial score (nSPS) is 12.2. The number of halogens is 2. The molecule has 1 aromatic rings. The van der Waals surface area contributed by atoms with Gasteiger partial charge in [0.1, 0.15) is 0 Å². The molecule has 1 atom stereocenters. The molecule has 4 heteroatoms. The molecule has 0 aromatic heterocycles. The lowest BCUT2D eigenvalue weighted by Gasteiger charge is -2.14. The zero-order valence-corrected chi connectivity index (χ0v) is 12.3. The first kappa shape index (κ1) is 15.3. The predicted octanol–water partition coefficient (Wildman–Crippen LogP) is 4.69. The third kappa shape index (κ3) is 4.87. The van der Waals surface area contributed by atoms with E-state index < -0.39 is 0 Å². The van der Waals surface area contributed by atoms with E-state index in [-0.39, 0.29) is 11.9 Å². The Kier molecular flexibility index (Phi) is 6.51. The molecule has 2 nitrogen and oxygen atoms in total. The van der Waals surface area contributed by atoms with Crippen molar-refractivity contribution in [3.8, 4) is 0 Å². The number of carbonyl (C=O) groups is 1. The van der Waals surface area contributed by atoms with Gasteiger partial charge in [-0.2, -0.15) is 0 Å². The first-order chi connectivity index (χ1) is 8.54. The van der Waals surface area contributed by atoms with Gasteiger partial charge in [0.25, 0.3) is 5.91 Å². The Balaban J connectivity index is 2.56. The van der Waals surface area contributed by atoms with E-state index >= 15 is 0 Å². The zero-order valence-electron chi connectivity index (χ0n) is 10.8. The highest BCUT2D eigenvalue weighted by molar-refractivity contribution is 6.35. The maximum atomic E-state index is 12.0. The van der Waals surface area contributed by atoms with Gasteiger partial charge in [-0.3, -0.25) is 4.79 Å². The second-order valence-electron chi connectivity index (χ2n) is 4.49. The summed E-state index contributed by atoms with van der Waals surface area (Å²) < 4.78 is 0. The Labute approximate surface area is 119 Å². The molecular weight excluding hydrogens is 269 g/mol. The molecule has 1 amide bonds. The SMILES string of the molecule is CCCCCC(C)NC(=O)c1cc(Cl)ccc1Cl. The van der Waals surface area contributed by atoms with Crippen LogP contribution in [0.15, 0.2) is 18.2 Å². The van der Waals surface area contributed by atoms with Crippen LogP contribution in [0.1, 0.15) is 49.9 Å². The van der Waals surface area contributed by atoms with Gasteiger partial charge in [-0.15, -0.1) is 0 Å². The van der Waals surface area contributed by atoms with Gasteiger partial charge in [0.05, 0.1) is 10.6 Å². The molecule has 100 valence electrons. The molecule has 18 heavy (non-hydrogen) atoms. The summed E-state index contributed by atoms with van der Waals surface area (Å²) in [6, 6.07) is 5.06. The van der Waals surface area contributed by atoms with Gasteiger partial charge in [0, 0.05) is 11.1 Å². The Hall–Kier alpha value is -0.730. The van der Waals surface area contributed by atoms with Gasteiger partial charge in [0.15, 0.2) is 0 Å². The monoisotopic (exact) mass is 287 g/mol. The smallest absolute Gasteiger partial charge is 0.253 e. The number of unbranched alkanes of at least 4 members (excludes halogenated alkanes) is 2. The summed E-state index contributed by atoms with van der Waals surface area (Å²) in [4.78, 5) is 12.0. The van der Waals surface area contributed by atoms with Crippen molar-refractivity contribution in [2.75, 3.05) is 0 Å². The Bertz CT molecular complexity index is 407. The van der Waals surface area contributed by atoms with Crippen molar-refractivity contribution >= 4 is 29.1 Å². The van der Waals surface area contributed by atoms with Crippen molar-refractivity contribution < 1.29 is 4.79 Å². The summed E-state index contributed by atoms with van der Waals surface area (Å²) >= 11 is 11.8. The number of amides is 1. The maximum Gasteiger partial charge on any atom is 0.253 e. The van der Waals surface area contributed by atoms with Crippen LogP contribution in [0.25, 0.3) is 0 Å². The van der Waals surface area contributed by atoms with Crippen LogP contribution in [0.2, 0.25) is 10.0 Å². The van der Waals surface area contributed by atoms with Crippen molar-refractivity contribution in [2.24, 2.45) is 0 Å². The fourth-order valence-corrected chi connectivity index (χ4v) is 2.12. The lowest BCUT2D eigenvalue weighted by molar-refractivity contribution is 0.0938. The standard InChI is InChI=1S/C14H19Cl2NO/c1-3-4-5-6-10(2)17-14(18)12-9-11(15)7-8-13(12)16/h7-10H,3-6H2,1-2H3,(H,17,18).